The molecule has 0 aliphatic heterocycles. The normalized spacial score (nSPS) is 10.8. The fourth-order valence-electron chi connectivity index (χ4n) is 1.67. The van der Waals surface area contributed by atoms with Crippen molar-refractivity contribution in [2.45, 2.75) is 26.5 Å². The second-order valence-electron chi connectivity index (χ2n) is 4.36. The maximum absolute atomic E-state index is 13.0. The Balaban J connectivity index is 1.87. The molecule has 0 unspecified atom stereocenters. The summed E-state index contributed by atoms with van der Waals surface area (Å²) in [5.41, 5.74) is 0.766. The number of ether oxygens (including phenoxy) is 1. The van der Waals surface area contributed by atoms with Crippen molar-refractivity contribution in [2.24, 2.45) is 0 Å². The fourth-order valence-corrected chi connectivity index (χ4v) is 1.67. The van der Waals surface area contributed by atoms with Gasteiger partial charge in [0.25, 0.3) is 0 Å². The van der Waals surface area contributed by atoms with E-state index in [0.717, 1.165) is 36.9 Å². The Morgan fingerprint density at radius 2 is 1.95 bits per heavy atom. The van der Waals surface area contributed by atoms with Crippen LogP contribution in [0.2, 0.25) is 0 Å². The minimum absolute atomic E-state index is 0.0731. The number of hydrogen-bond donors (Lipinski definition) is 1. The van der Waals surface area contributed by atoms with Gasteiger partial charge in [-0.25, -0.2) is 8.78 Å². The first-order valence-corrected chi connectivity index (χ1v) is 6.41. The molecule has 0 fully saturated rings. The summed E-state index contributed by atoms with van der Waals surface area (Å²) in [5.74, 6) is -0.739. The third-order valence-electron chi connectivity index (χ3n) is 2.56. The highest BCUT2D eigenvalue weighted by atomic mass is 19.1. The third-order valence-corrected chi connectivity index (χ3v) is 2.56. The SMILES string of the molecule is CCCNCc1cc(COc2cc(F)cc(F)c2)on1. The lowest BCUT2D eigenvalue weighted by Gasteiger charge is -2.03. The molecule has 20 heavy (non-hydrogen) atoms. The Morgan fingerprint density at radius 1 is 1.20 bits per heavy atom. The monoisotopic (exact) mass is 282 g/mol. The maximum Gasteiger partial charge on any atom is 0.174 e. The Kier molecular flexibility index (Phi) is 5.06. The van der Waals surface area contributed by atoms with Crippen LogP contribution in [0.25, 0.3) is 0 Å². The van der Waals surface area contributed by atoms with Crippen LogP contribution >= 0.6 is 0 Å². The van der Waals surface area contributed by atoms with Crippen LogP contribution in [0.4, 0.5) is 8.78 Å². The lowest BCUT2D eigenvalue weighted by molar-refractivity contribution is 0.246. The highest BCUT2D eigenvalue weighted by Gasteiger charge is 2.06. The van der Waals surface area contributed by atoms with Crippen LogP contribution in [0.15, 0.2) is 28.8 Å². The Hall–Kier alpha value is -1.95. The van der Waals surface area contributed by atoms with E-state index >= 15 is 0 Å². The van der Waals surface area contributed by atoms with Crippen LogP contribution in [0.5, 0.6) is 5.75 Å². The van der Waals surface area contributed by atoms with Crippen molar-refractivity contribution >= 4 is 0 Å². The molecule has 108 valence electrons. The highest BCUT2D eigenvalue weighted by molar-refractivity contribution is 5.24. The summed E-state index contributed by atoms with van der Waals surface area (Å²) in [4.78, 5) is 0. The molecule has 1 aromatic carbocycles. The van der Waals surface area contributed by atoms with E-state index in [1.54, 1.807) is 6.07 Å². The highest BCUT2D eigenvalue weighted by Crippen LogP contribution is 2.17. The molecule has 2 aromatic rings. The number of benzene rings is 1. The molecule has 0 saturated heterocycles. The van der Waals surface area contributed by atoms with Gasteiger partial charge in [-0.05, 0) is 13.0 Å². The molecule has 0 saturated carbocycles. The summed E-state index contributed by atoms with van der Waals surface area (Å²) in [6.45, 7) is 3.67. The van der Waals surface area contributed by atoms with Gasteiger partial charge in [0, 0.05) is 30.8 Å². The molecule has 0 amide bonds. The lowest BCUT2D eigenvalue weighted by Crippen LogP contribution is -2.13. The van der Waals surface area contributed by atoms with Crippen LogP contribution in [0, 0.1) is 11.6 Å². The van der Waals surface area contributed by atoms with Gasteiger partial charge < -0.3 is 14.6 Å². The van der Waals surface area contributed by atoms with Crippen molar-refractivity contribution in [1.29, 1.82) is 0 Å². The molecule has 1 aromatic heterocycles. The van der Waals surface area contributed by atoms with Crippen LogP contribution in [-0.4, -0.2) is 11.7 Å². The summed E-state index contributed by atoms with van der Waals surface area (Å²) in [5, 5.41) is 7.06. The summed E-state index contributed by atoms with van der Waals surface area (Å²) >= 11 is 0. The Labute approximate surface area is 115 Å². The van der Waals surface area contributed by atoms with Crippen LogP contribution < -0.4 is 10.1 Å². The fraction of sp³-hybridized carbons (Fsp3) is 0.357. The molecule has 1 heterocycles. The van der Waals surface area contributed by atoms with Gasteiger partial charge in [-0.15, -0.1) is 0 Å². The van der Waals surface area contributed by atoms with E-state index < -0.39 is 11.6 Å². The Bertz CT molecular complexity index is 538. The molecule has 4 nitrogen and oxygen atoms in total. The predicted molar refractivity (Wildman–Crippen MR) is 69.2 cm³/mol. The van der Waals surface area contributed by atoms with Crippen molar-refractivity contribution in [3.8, 4) is 5.75 Å². The first-order valence-electron chi connectivity index (χ1n) is 6.41. The smallest absolute Gasteiger partial charge is 0.174 e. The first-order chi connectivity index (χ1) is 9.67. The molecule has 0 bridgehead atoms. The number of hydrogen-bond acceptors (Lipinski definition) is 4. The van der Waals surface area contributed by atoms with Gasteiger partial charge in [0.05, 0.1) is 5.69 Å². The van der Waals surface area contributed by atoms with Gasteiger partial charge in [-0.2, -0.15) is 0 Å². The molecular formula is C14H16F2N2O2. The van der Waals surface area contributed by atoms with E-state index in [4.69, 9.17) is 9.26 Å². The Morgan fingerprint density at radius 3 is 2.65 bits per heavy atom. The van der Waals surface area contributed by atoms with Crippen molar-refractivity contribution in [2.75, 3.05) is 6.54 Å². The van der Waals surface area contributed by atoms with Gasteiger partial charge >= 0.3 is 0 Å². The largest absolute Gasteiger partial charge is 0.485 e. The molecule has 0 atom stereocenters. The van der Waals surface area contributed by atoms with Gasteiger partial charge in [0.15, 0.2) is 5.76 Å². The van der Waals surface area contributed by atoms with Gasteiger partial charge in [0.2, 0.25) is 0 Å². The van der Waals surface area contributed by atoms with Gasteiger partial charge in [-0.1, -0.05) is 12.1 Å². The van der Waals surface area contributed by atoms with E-state index in [0.29, 0.717) is 12.3 Å². The minimum Gasteiger partial charge on any atom is -0.485 e. The number of rotatable bonds is 7. The molecule has 6 heteroatoms. The van der Waals surface area contributed by atoms with E-state index in [9.17, 15) is 8.78 Å². The number of halogens is 2. The quantitative estimate of drug-likeness (QED) is 0.793. The number of nitrogens with one attached hydrogen (secondary N) is 1. The van der Waals surface area contributed by atoms with E-state index in [1.807, 2.05) is 0 Å². The van der Waals surface area contributed by atoms with Crippen molar-refractivity contribution < 1.29 is 18.0 Å². The average molecular weight is 282 g/mol. The van der Waals surface area contributed by atoms with Gasteiger partial charge in [0.1, 0.15) is 24.0 Å². The van der Waals surface area contributed by atoms with Crippen LogP contribution in [0.3, 0.4) is 0 Å². The average Bonchev–Trinajstić information content (AvgIpc) is 2.84. The summed E-state index contributed by atoms with van der Waals surface area (Å²) in [6.07, 6.45) is 1.04. The van der Waals surface area contributed by atoms with Crippen molar-refractivity contribution in [3.63, 3.8) is 0 Å². The van der Waals surface area contributed by atoms with Crippen LogP contribution in [-0.2, 0) is 13.2 Å². The number of aromatic nitrogens is 1. The van der Waals surface area contributed by atoms with Crippen molar-refractivity contribution in [3.05, 3.63) is 47.4 Å². The zero-order valence-electron chi connectivity index (χ0n) is 11.2. The molecule has 0 aliphatic rings. The van der Waals surface area contributed by atoms with Gasteiger partial charge in [-0.3, -0.25) is 0 Å². The van der Waals surface area contributed by atoms with Crippen LogP contribution in [0.1, 0.15) is 24.8 Å². The zero-order chi connectivity index (χ0) is 14.4. The topological polar surface area (TPSA) is 47.3 Å². The molecule has 1 N–H and O–H groups in total. The standard InChI is InChI=1S/C14H16F2N2O2/c1-2-3-17-8-12-7-14(20-18-12)9-19-13-5-10(15)4-11(16)6-13/h4-7,17H,2-3,8-9H2,1H3. The second-order valence-corrected chi connectivity index (χ2v) is 4.36. The molecule has 0 radical (unpaired) electrons. The summed E-state index contributed by atoms with van der Waals surface area (Å²) in [6, 6.07) is 4.77. The van der Waals surface area contributed by atoms with E-state index in [2.05, 4.69) is 17.4 Å². The number of nitrogens with zero attached hydrogens (tertiary/aromatic N) is 1. The lowest BCUT2D eigenvalue weighted by atomic mass is 10.3. The summed E-state index contributed by atoms with van der Waals surface area (Å²) in [7, 11) is 0. The molecule has 0 aliphatic carbocycles. The van der Waals surface area contributed by atoms with E-state index in [1.165, 1.54) is 0 Å². The molecule has 2 rings (SSSR count). The maximum atomic E-state index is 13.0. The molecule has 0 spiro atoms. The van der Waals surface area contributed by atoms with Crippen molar-refractivity contribution in [1.82, 2.24) is 10.5 Å². The third kappa shape index (κ3) is 4.31. The zero-order valence-corrected chi connectivity index (χ0v) is 11.2. The minimum atomic E-state index is -0.679. The first kappa shape index (κ1) is 14.5. The summed E-state index contributed by atoms with van der Waals surface area (Å²) < 4.78 is 36.3. The molecular weight excluding hydrogens is 266 g/mol. The van der Waals surface area contributed by atoms with E-state index in [-0.39, 0.29) is 12.4 Å². The second kappa shape index (κ2) is 7.00. The predicted octanol–water partition coefficient (Wildman–Crippen LogP) is 3.03.